The molecular weight excluding hydrogens is 300 g/mol. The van der Waals surface area contributed by atoms with E-state index in [1.807, 2.05) is 30.3 Å². The first-order valence-electron chi connectivity index (χ1n) is 9.01. The van der Waals surface area contributed by atoms with Crippen LogP contribution in [0.25, 0.3) is 0 Å². The second-order valence-corrected chi connectivity index (χ2v) is 5.49. The molecule has 0 aliphatic carbocycles. The Kier molecular flexibility index (Phi) is 13.8. The molecule has 0 saturated heterocycles. The van der Waals surface area contributed by atoms with Crippen LogP contribution in [-0.4, -0.2) is 49.9 Å². The standard InChI is InChI=1S/C14H19NO2.C6H15N/c1-3-4-10-13(14(16)17-2)15-11-12-8-6-5-7-9-12;1-4-7(5-2)6-3/h5-9,11,13H,3-4,10H2,1-2H3;4-6H2,1-3H3. The summed E-state index contributed by atoms with van der Waals surface area (Å²) in [6, 6.07) is 9.38. The van der Waals surface area contributed by atoms with Crippen LogP contribution in [0, 0.1) is 0 Å². The zero-order valence-electron chi connectivity index (χ0n) is 16.0. The summed E-state index contributed by atoms with van der Waals surface area (Å²) in [6.07, 6.45) is 4.50. The van der Waals surface area contributed by atoms with E-state index >= 15 is 0 Å². The number of hydrogen-bond acceptors (Lipinski definition) is 4. The smallest absolute Gasteiger partial charge is 0.330 e. The third kappa shape index (κ3) is 10.2. The van der Waals surface area contributed by atoms with Crippen molar-refractivity contribution in [2.45, 2.75) is 53.0 Å². The van der Waals surface area contributed by atoms with Gasteiger partial charge >= 0.3 is 5.97 Å². The molecule has 136 valence electrons. The van der Waals surface area contributed by atoms with Crippen molar-refractivity contribution in [2.24, 2.45) is 4.99 Å². The molecule has 0 amide bonds. The van der Waals surface area contributed by atoms with Gasteiger partial charge in [-0.3, -0.25) is 4.99 Å². The van der Waals surface area contributed by atoms with Gasteiger partial charge in [-0.1, -0.05) is 70.9 Å². The minimum Gasteiger partial charge on any atom is -0.467 e. The van der Waals surface area contributed by atoms with Crippen LogP contribution in [0.5, 0.6) is 0 Å². The number of unbranched alkanes of at least 4 members (excludes halogenated alkanes) is 1. The quantitative estimate of drug-likeness (QED) is 0.502. The number of rotatable bonds is 9. The van der Waals surface area contributed by atoms with Gasteiger partial charge in [0.1, 0.15) is 6.04 Å². The summed E-state index contributed by atoms with van der Waals surface area (Å²) in [5.74, 6) is -0.259. The third-order valence-corrected chi connectivity index (χ3v) is 3.85. The van der Waals surface area contributed by atoms with Crippen molar-refractivity contribution in [2.75, 3.05) is 26.7 Å². The predicted molar refractivity (Wildman–Crippen MR) is 103 cm³/mol. The molecule has 0 aliphatic rings. The normalized spacial score (nSPS) is 11.9. The lowest BCUT2D eigenvalue weighted by Gasteiger charge is -2.13. The molecule has 0 N–H and O–H groups in total. The van der Waals surface area contributed by atoms with Crippen molar-refractivity contribution in [3.63, 3.8) is 0 Å². The van der Waals surface area contributed by atoms with Crippen LogP contribution in [0.3, 0.4) is 0 Å². The minimum atomic E-state index is -0.375. The van der Waals surface area contributed by atoms with Gasteiger partial charge in [0.25, 0.3) is 0 Å². The molecule has 0 radical (unpaired) electrons. The summed E-state index contributed by atoms with van der Waals surface area (Å²) in [5, 5.41) is 0. The minimum absolute atomic E-state index is 0.259. The molecule has 1 unspecified atom stereocenters. The van der Waals surface area contributed by atoms with E-state index in [-0.39, 0.29) is 12.0 Å². The zero-order valence-corrected chi connectivity index (χ0v) is 16.0. The lowest BCUT2D eigenvalue weighted by molar-refractivity contribution is -0.142. The first-order chi connectivity index (χ1) is 11.6. The van der Waals surface area contributed by atoms with E-state index in [2.05, 4.69) is 37.6 Å². The third-order valence-electron chi connectivity index (χ3n) is 3.85. The van der Waals surface area contributed by atoms with Crippen molar-refractivity contribution in [3.05, 3.63) is 35.9 Å². The maximum Gasteiger partial charge on any atom is 0.330 e. The van der Waals surface area contributed by atoms with Crippen molar-refractivity contribution < 1.29 is 9.53 Å². The number of methoxy groups -OCH3 is 1. The number of hydrogen-bond donors (Lipinski definition) is 0. The van der Waals surface area contributed by atoms with Gasteiger partial charge in [-0.2, -0.15) is 0 Å². The monoisotopic (exact) mass is 334 g/mol. The Morgan fingerprint density at radius 1 is 1.12 bits per heavy atom. The van der Waals surface area contributed by atoms with Crippen LogP contribution in [0.15, 0.2) is 35.3 Å². The Balaban J connectivity index is 0.000000640. The largest absolute Gasteiger partial charge is 0.467 e. The maximum atomic E-state index is 11.5. The van der Waals surface area contributed by atoms with Gasteiger partial charge in [0.15, 0.2) is 0 Å². The van der Waals surface area contributed by atoms with Crippen molar-refractivity contribution in [3.8, 4) is 0 Å². The molecule has 0 aromatic heterocycles. The van der Waals surface area contributed by atoms with Crippen molar-refractivity contribution >= 4 is 12.2 Å². The van der Waals surface area contributed by atoms with Crippen LogP contribution in [0.1, 0.15) is 52.5 Å². The fourth-order valence-electron chi connectivity index (χ4n) is 2.17. The average molecular weight is 335 g/mol. The summed E-state index contributed by atoms with van der Waals surface area (Å²) in [5.41, 5.74) is 0.998. The van der Waals surface area contributed by atoms with Crippen molar-refractivity contribution in [1.82, 2.24) is 4.90 Å². The van der Waals surface area contributed by atoms with E-state index < -0.39 is 0 Å². The van der Waals surface area contributed by atoms with Crippen LogP contribution < -0.4 is 0 Å². The van der Waals surface area contributed by atoms with Gasteiger partial charge in [-0.15, -0.1) is 0 Å². The Morgan fingerprint density at radius 2 is 1.71 bits per heavy atom. The van der Waals surface area contributed by atoms with Gasteiger partial charge < -0.3 is 9.64 Å². The molecule has 0 aliphatic heterocycles. The zero-order chi connectivity index (χ0) is 18.2. The summed E-state index contributed by atoms with van der Waals surface area (Å²) in [7, 11) is 1.40. The Labute approximate surface area is 147 Å². The molecule has 1 aromatic carbocycles. The molecule has 1 rings (SSSR count). The molecule has 0 fully saturated rings. The number of nitrogens with zero attached hydrogens (tertiary/aromatic N) is 2. The fraction of sp³-hybridized carbons (Fsp3) is 0.600. The number of ether oxygens (including phenoxy) is 1. The first kappa shape index (κ1) is 22.3. The first-order valence-corrected chi connectivity index (χ1v) is 9.01. The highest BCUT2D eigenvalue weighted by Crippen LogP contribution is 2.07. The van der Waals surface area contributed by atoms with E-state index in [9.17, 15) is 4.79 Å². The topological polar surface area (TPSA) is 41.9 Å². The van der Waals surface area contributed by atoms with Crippen LogP contribution in [0.4, 0.5) is 0 Å². The maximum absolute atomic E-state index is 11.5. The second-order valence-electron chi connectivity index (χ2n) is 5.49. The van der Waals surface area contributed by atoms with Crippen molar-refractivity contribution in [1.29, 1.82) is 0 Å². The van der Waals surface area contributed by atoms with Gasteiger partial charge in [-0.25, -0.2) is 4.79 Å². The lowest BCUT2D eigenvalue weighted by atomic mass is 10.1. The van der Waals surface area contributed by atoms with Gasteiger partial charge in [0.05, 0.1) is 7.11 Å². The molecule has 0 spiro atoms. The molecular formula is C20H34N2O2. The molecule has 0 bridgehead atoms. The van der Waals surface area contributed by atoms with Gasteiger partial charge in [0, 0.05) is 6.21 Å². The second kappa shape index (κ2) is 14.9. The molecule has 24 heavy (non-hydrogen) atoms. The highest BCUT2D eigenvalue weighted by molar-refractivity contribution is 5.83. The van der Waals surface area contributed by atoms with E-state index in [0.29, 0.717) is 0 Å². The number of carbonyl (C=O) groups excluding carboxylic acids is 1. The Morgan fingerprint density at radius 3 is 2.12 bits per heavy atom. The number of aliphatic imine (C=N–C) groups is 1. The van der Waals surface area contributed by atoms with Gasteiger partial charge in [0.2, 0.25) is 0 Å². The number of benzene rings is 1. The van der Waals surface area contributed by atoms with Crippen LogP contribution >= 0.6 is 0 Å². The van der Waals surface area contributed by atoms with E-state index in [4.69, 9.17) is 4.74 Å². The number of esters is 1. The molecule has 1 aromatic rings. The molecule has 0 heterocycles. The molecule has 0 saturated carbocycles. The lowest BCUT2D eigenvalue weighted by Crippen LogP contribution is -2.21. The average Bonchev–Trinajstić information content (AvgIpc) is 2.64. The predicted octanol–water partition coefficient (Wildman–Crippen LogP) is 4.19. The summed E-state index contributed by atoms with van der Waals surface area (Å²) in [4.78, 5) is 18.2. The highest BCUT2D eigenvalue weighted by atomic mass is 16.5. The molecule has 1 atom stereocenters. The van der Waals surface area contributed by atoms with E-state index in [0.717, 1.165) is 24.8 Å². The highest BCUT2D eigenvalue weighted by Gasteiger charge is 2.16. The van der Waals surface area contributed by atoms with Crippen LogP contribution in [0.2, 0.25) is 0 Å². The summed E-state index contributed by atoms with van der Waals surface area (Å²) < 4.78 is 4.75. The molecule has 4 heteroatoms. The van der Waals surface area contributed by atoms with Gasteiger partial charge in [-0.05, 0) is 31.6 Å². The Bertz CT molecular complexity index is 437. The van der Waals surface area contributed by atoms with Crippen LogP contribution in [-0.2, 0) is 9.53 Å². The molecule has 4 nitrogen and oxygen atoms in total. The van der Waals surface area contributed by atoms with E-state index in [1.165, 1.54) is 26.7 Å². The summed E-state index contributed by atoms with van der Waals surface area (Å²) in [6.45, 7) is 12.2. The Hall–Kier alpha value is -1.68. The number of carbonyl (C=O) groups is 1. The SMILES string of the molecule is CCCCC(N=Cc1ccccc1)C(=O)OC.CCN(CC)CC. The fourth-order valence-corrected chi connectivity index (χ4v) is 2.17. The van der Waals surface area contributed by atoms with E-state index in [1.54, 1.807) is 6.21 Å². The summed E-state index contributed by atoms with van der Waals surface area (Å²) >= 11 is 0.